The highest BCUT2D eigenvalue weighted by molar-refractivity contribution is 7.09. The van der Waals surface area contributed by atoms with E-state index in [0.717, 1.165) is 30.3 Å². The molecule has 1 N–H and O–H groups in total. The fourth-order valence-electron chi connectivity index (χ4n) is 1.88. The average molecular weight is 259 g/mol. The second-order valence-corrected chi connectivity index (χ2v) is 4.93. The van der Waals surface area contributed by atoms with Gasteiger partial charge in [0, 0.05) is 42.6 Å². The molecule has 92 valence electrons. The molecule has 0 spiro atoms. The lowest BCUT2D eigenvalue weighted by Crippen LogP contribution is -2.03. The minimum absolute atomic E-state index is 0.807. The zero-order valence-corrected chi connectivity index (χ0v) is 10.8. The van der Waals surface area contributed by atoms with Crippen LogP contribution in [0, 0.1) is 6.92 Å². The molecule has 0 aliphatic rings. The number of hydrogen-bond donors (Lipinski definition) is 1. The Balaban J connectivity index is 1.78. The Labute approximate surface area is 109 Å². The van der Waals surface area contributed by atoms with E-state index < -0.39 is 0 Å². The zero-order chi connectivity index (χ0) is 12.4. The molecule has 0 bridgehead atoms. The lowest BCUT2D eigenvalue weighted by Gasteiger charge is -2.05. The summed E-state index contributed by atoms with van der Waals surface area (Å²) in [5.74, 6) is 1.68. The first-order chi connectivity index (χ1) is 8.84. The molecule has 5 nitrogen and oxygen atoms in total. The number of H-pyrrole nitrogens is 1. The second kappa shape index (κ2) is 4.73. The van der Waals surface area contributed by atoms with Gasteiger partial charge in [-0.1, -0.05) is 0 Å². The Morgan fingerprint density at radius 1 is 1.28 bits per heavy atom. The summed E-state index contributed by atoms with van der Waals surface area (Å²) in [7, 11) is 0. The van der Waals surface area contributed by atoms with Crippen LogP contribution in [0.4, 0.5) is 0 Å². The number of imidazole rings is 2. The summed E-state index contributed by atoms with van der Waals surface area (Å²) in [6, 6.07) is 0. The van der Waals surface area contributed by atoms with Gasteiger partial charge in [-0.2, -0.15) is 0 Å². The molecule has 0 aliphatic heterocycles. The first-order valence-corrected chi connectivity index (χ1v) is 6.62. The predicted molar refractivity (Wildman–Crippen MR) is 70.4 cm³/mol. The molecule has 3 aromatic rings. The van der Waals surface area contributed by atoms with E-state index in [9.17, 15) is 0 Å². The van der Waals surface area contributed by atoms with Crippen LogP contribution in [0.2, 0.25) is 0 Å². The summed E-state index contributed by atoms with van der Waals surface area (Å²) in [5.41, 5.74) is 3.02. The third-order valence-electron chi connectivity index (χ3n) is 2.85. The highest BCUT2D eigenvalue weighted by Gasteiger charge is 2.09. The summed E-state index contributed by atoms with van der Waals surface area (Å²) in [6.45, 7) is 2.94. The second-order valence-electron chi connectivity index (χ2n) is 3.99. The standard InChI is InChI=1S/C12H13N5S/c1-9-10(18-8-16-9)2-6-17-7-5-15-12(17)11-13-3-4-14-11/h3-5,7-8H,2,6H2,1H3,(H,13,14). The van der Waals surface area contributed by atoms with Crippen molar-refractivity contribution in [1.82, 2.24) is 24.5 Å². The molecule has 0 aromatic carbocycles. The van der Waals surface area contributed by atoms with Gasteiger partial charge in [0.15, 0.2) is 11.6 Å². The van der Waals surface area contributed by atoms with E-state index in [1.165, 1.54) is 4.88 Å². The van der Waals surface area contributed by atoms with Gasteiger partial charge >= 0.3 is 0 Å². The van der Waals surface area contributed by atoms with Crippen molar-refractivity contribution in [3.63, 3.8) is 0 Å². The molecule has 18 heavy (non-hydrogen) atoms. The first kappa shape index (κ1) is 11.2. The molecular weight excluding hydrogens is 246 g/mol. The average Bonchev–Trinajstić information content (AvgIpc) is 3.07. The quantitative estimate of drug-likeness (QED) is 0.782. The van der Waals surface area contributed by atoms with Crippen LogP contribution in [0.5, 0.6) is 0 Å². The molecule has 0 saturated heterocycles. The highest BCUT2D eigenvalue weighted by Crippen LogP contribution is 2.16. The Kier molecular flexibility index (Phi) is 2.93. The van der Waals surface area contributed by atoms with Crippen LogP contribution in [0.15, 0.2) is 30.3 Å². The number of aromatic nitrogens is 5. The smallest absolute Gasteiger partial charge is 0.176 e. The molecule has 3 rings (SSSR count). The van der Waals surface area contributed by atoms with Gasteiger partial charge in [0.25, 0.3) is 0 Å². The lowest BCUT2D eigenvalue weighted by molar-refractivity contribution is 0.703. The summed E-state index contributed by atoms with van der Waals surface area (Å²) in [4.78, 5) is 17.2. The number of thiazole rings is 1. The monoisotopic (exact) mass is 259 g/mol. The maximum Gasteiger partial charge on any atom is 0.176 e. The number of rotatable bonds is 4. The van der Waals surface area contributed by atoms with Crippen molar-refractivity contribution in [3.05, 3.63) is 40.9 Å². The fourth-order valence-corrected chi connectivity index (χ4v) is 2.65. The van der Waals surface area contributed by atoms with E-state index >= 15 is 0 Å². The molecule has 6 heteroatoms. The number of hydrogen-bond acceptors (Lipinski definition) is 4. The molecule has 0 amide bonds. The number of aromatic amines is 1. The zero-order valence-electron chi connectivity index (χ0n) is 10.00. The van der Waals surface area contributed by atoms with Crippen LogP contribution >= 0.6 is 11.3 Å². The third-order valence-corrected chi connectivity index (χ3v) is 3.85. The number of aryl methyl sites for hydroxylation is 3. The van der Waals surface area contributed by atoms with Crippen molar-refractivity contribution >= 4 is 11.3 Å². The molecule has 0 radical (unpaired) electrons. The lowest BCUT2D eigenvalue weighted by atomic mass is 10.3. The Morgan fingerprint density at radius 2 is 2.22 bits per heavy atom. The summed E-state index contributed by atoms with van der Waals surface area (Å²) in [5, 5.41) is 0. The number of nitrogens with zero attached hydrogens (tertiary/aromatic N) is 4. The SMILES string of the molecule is Cc1ncsc1CCn1ccnc1-c1ncc[nH]1. The van der Waals surface area contributed by atoms with Gasteiger partial charge in [0.1, 0.15) is 0 Å². The summed E-state index contributed by atoms with van der Waals surface area (Å²) in [6.07, 6.45) is 8.30. The van der Waals surface area contributed by atoms with E-state index in [1.807, 2.05) is 24.8 Å². The molecule has 3 heterocycles. The van der Waals surface area contributed by atoms with Crippen LogP contribution in [0.1, 0.15) is 10.6 Å². The van der Waals surface area contributed by atoms with Gasteiger partial charge in [-0.25, -0.2) is 15.0 Å². The third kappa shape index (κ3) is 2.06. The van der Waals surface area contributed by atoms with Crippen molar-refractivity contribution in [2.24, 2.45) is 0 Å². The van der Waals surface area contributed by atoms with Crippen molar-refractivity contribution in [2.45, 2.75) is 19.9 Å². The molecule has 0 aliphatic carbocycles. The Bertz CT molecular complexity index is 622. The minimum Gasteiger partial charge on any atom is -0.342 e. The molecule has 0 atom stereocenters. The van der Waals surface area contributed by atoms with Gasteiger partial charge < -0.3 is 9.55 Å². The maximum absolute atomic E-state index is 4.34. The largest absolute Gasteiger partial charge is 0.342 e. The van der Waals surface area contributed by atoms with Crippen molar-refractivity contribution in [1.29, 1.82) is 0 Å². The van der Waals surface area contributed by atoms with E-state index in [-0.39, 0.29) is 0 Å². The van der Waals surface area contributed by atoms with Crippen LogP contribution in [0.25, 0.3) is 11.6 Å². The maximum atomic E-state index is 4.34. The van der Waals surface area contributed by atoms with Gasteiger partial charge in [0.05, 0.1) is 11.2 Å². The van der Waals surface area contributed by atoms with Crippen LogP contribution in [-0.4, -0.2) is 24.5 Å². The van der Waals surface area contributed by atoms with Gasteiger partial charge in [-0.05, 0) is 6.92 Å². The molecule has 0 unspecified atom stereocenters. The number of nitrogens with one attached hydrogen (secondary N) is 1. The minimum atomic E-state index is 0.807. The van der Waals surface area contributed by atoms with Gasteiger partial charge in [0.2, 0.25) is 0 Å². The van der Waals surface area contributed by atoms with E-state index in [0.29, 0.717) is 0 Å². The van der Waals surface area contributed by atoms with Gasteiger partial charge in [-0.3, -0.25) is 0 Å². The highest BCUT2D eigenvalue weighted by atomic mass is 32.1. The first-order valence-electron chi connectivity index (χ1n) is 5.74. The Hall–Kier alpha value is -1.95. The van der Waals surface area contributed by atoms with Crippen LogP contribution in [-0.2, 0) is 13.0 Å². The normalized spacial score (nSPS) is 10.9. The summed E-state index contributed by atoms with van der Waals surface area (Å²) >= 11 is 1.71. The van der Waals surface area contributed by atoms with E-state index in [2.05, 4.69) is 24.5 Å². The molecule has 0 fully saturated rings. The van der Waals surface area contributed by atoms with E-state index in [4.69, 9.17) is 0 Å². The van der Waals surface area contributed by atoms with Gasteiger partial charge in [-0.15, -0.1) is 11.3 Å². The van der Waals surface area contributed by atoms with Crippen LogP contribution in [0.3, 0.4) is 0 Å². The fraction of sp³-hybridized carbons (Fsp3) is 0.250. The van der Waals surface area contributed by atoms with Crippen molar-refractivity contribution < 1.29 is 0 Å². The molecule has 0 saturated carbocycles. The molecular formula is C12H13N5S. The Morgan fingerprint density at radius 3 is 2.94 bits per heavy atom. The van der Waals surface area contributed by atoms with Crippen LogP contribution < -0.4 is 0 Å². The van der Waals surface area contributed by atoms with E-state index in [1.54, 1.807) is 23.7 Å². The predicted octanol–water partition coefficient (Wildman–Crippen LogP) is 2.28. The summed E-state index contributed by atoms with van der Waals surface area (Å²) < 4.78 is 2.11. The topological polar surface area (TPSA) is 59.4 Å². The van der Waals surface area contributed by atoms with Crippen molar-refractivity contribution in [3.8, 4) is 11.6 Å². The van der Waals surface area contributed by atoms with Crippen molar-refractivity contribution in [2.75, 3.05) is 0 Å². The molecule has 3 aromatic heterocycles.